The SMILES string of the molecule is COC(=O)c1ccc(NS(=O)(=O)c2ccc(-n3ncc(Cl)c(Cl)c3=O)cc2)cc1. The molecule has 3 rings (SSSR count). The molecule has 1 N–H and O–H groups in total. The number of nitrogens with zero attached hydrogens (tertiary/aromatic N) is 2. The number of anilines is 1. The van der Waals surface area contributed by atoms with Crippen LogP contribution in [0.15, 0.2) is 64.4 Å². The summed E-state index contributed by atoms with van der Waals surface area (Å²) in [7, 11) is -2.64. The van der Waals surface area contributed by atoms with Gasteiger partial charge in [-0.3, -0.25) is 9.52 Å². The average Bonchev–Trinajstić information content (AvgIpc) is 2.72. The summed E-state index contributed by atoms with van der Waals surface area (Å²) in [5.41, 5.74) is 0.247. The van der Waals surface area contributed by atoms with E-state index in [1.807, 2.05) is 0 Å². The Morgan fingerprint density at radius 1 is 1.07 bits per heavy atom. The minimum absolute atomic E-state index is 0.0227. The highest BCUT2D eigenvalue weighted by molar-refractivity contribution is 7.92. The minimum atomic E-state index is -3.90. The highest BCUT2D eigenvalue weighted by Gasteiger charge is 2.16. The van der Waals surface area contributed by atoms with E-state index >= 15 is 0 Å². The molecule has 0 fully saturated rings. The van der Waals surface area contributed by atoms with Gasteiger partial charge in [0.15, 0.2) is 0 Å². The van der Waals surface area contributed by atoms with Gasteiger partial charge in [-0.05, 0) is 48.5 Å². The van der Waals surface area contributed by atoms with Crippen molar-refractivity contribution in [2.24, 2.45) is 0 Å². The van der Waals surface area contributed by atoms with Crippen molar-refractivity contribution in [3.05, 3.63) is 80.7 Å². The molecule has 3 aromatic rings. The summed E-state index contributed by atoms with van der Waals surface area (Å²) in [6.07, 6.45) is 1.22. The second-order valence-corrected chi connectivity index (χ2v) is 8.16. The Bertz CT molecular complexity index is 1220. The van der Waals surface area contributed by atoms with Gasteiger partial charge in [0.25, 0.3) is 15.6 Å². The number of nitrogens with one attached hydrogen (secondary N) is 1. The Balaban J connectivity index is 1.84. The molecule has 0 saturated carbocycles. The summed E-state index contributed by atoms with van der Waals surface area (Å²) in [5.74, 6) is -0.527. The number of rotatable bonds is 5. The Morgan fingerprint density at radius 2 is 1.69 bits per heavy atom. The number of halogens is 2. The number of benzene rings is 2. The second kappa shape index (κ2) is 8.24. The molecule has 11 heteroatoms. The molecule has 1 heterocycles. The van der Waals surface area contributed by atoms with Gasteiger partial charge in [0.1, 0.15) is 5.02 Å². The van der Waals surface area contributed by atoms with Crippen LogP contribution in [0.4, 0.5) is 5.69 Å². The first-order valence-corrected chi connectivity index (χ1v) is 10.2. The topological polar surface area (TPSA) is 107 Å². The molecule has 0 aliphatic heterocycles. The molecule has 0 atom stereocenters. The largest absolute Gasteiger partial charge is 0.465 e. The van der Waals surface area contributed by atoms with Crippen LogP contribution in [0, 0.1) is 0 Å². The average molecular weight is 454 g/mol. The lowest BCUT2D eigenvalue weighted by Crippen LogP contribution is -2.21. The van der Waals surface area contributed by atoms with E-state index in [0.717, 1.165) is 4.68 Å². The summed E-state index contributed by atoms with van der Waals surface area (Å²) in [6, 6.07) is 11.2. The van der Waals surface area contributed by atoms with E-state index in [-0.39, 0.29) is 20.6 Å². The predicted octanol–water partition coefficient (Wildman–Crippen LogP) is 3.13. The van der Waals surface area contributed by atoms with Crippen LogP contribution in [0.25, 0.3) is 5.69 Å². The Morgan fingerprint density at radius 3 is 2.28 bits per heavy atom. The van der Waals surface area contributed by atoms with Crippen molar-refractivity contribution in [1.82, 2.24) is 9.78 Å². The molecule has 1 aromatic heterocycles. The zero-order chi connectivity index (χ0) is 21.2. The van der Waals surface area contributed by atoms with E-state index in [1.165, 1.54) is 61.8 Å². The Hall–Kier alpha value is -2.88. The normalized spacial score (nSPS) is 11.1. The number of hydrogen-bond donors (Lipinski definition) is 1. The number of carbonyl (C=O) groups excluding carboxylic acids is 1. The molecule has 29 heavy (non-hydrogen) atoms. The molecule has 0 unspecified atom stereocenters. The third-order valence-electron chi connectivity index (χ3n) is 3.83. The van der Waals surface area contributed by atoms with Crippen molar-refractivity contribution in [2.75, 3.05) is 11.8 Å². The van der Waals surface area contributed by atoms with Crippen LogP contribution in [0.3, 0.4) is 0 Å². The zero-order valence-corrected chi connectivity index (χ0v) is 17.1. The number of sulfonamides is 1. The van der Waals surface area contributed by atoms with Crippen LogP contribution in [-0.2, 0) is 14.8 Å². The summed E-state index contributed by atoms with van der Waals surface area (Å²) in [5, 5.41) is 3.72. The van der Waals surface area contributed by atoms with Crippen molar-refractivity contribution >= 4 is 44.9 Å². The number of hydrogen-bond acceptors (Lipinski definition) is 6. The summed E-state index contributed by atoms with van der Waals surface area (Å²) in [4.78, 5) is 23.5. The molecular weight excluding hydrogens is 441 g/mol. The number of methoxy groups -OCH3 is 1. The fourth-order valence-corrected chi connectivity index (χ4v) is 3.68. The number of ether oxygens (including phenoxy) is 1. The van der Waals surface area contributed by atoms with Crippen molar-refractivity contribution < 1.29 is 17.9 Å². The smallest absolute Gasteiger partial charge is 0.337 e. The van der Waals surface area contributed by atoms with Crippen LogP contribution in [0.1, 0.15) is 10.4 Å². The maximum atomic E-state index is 12.6. The van der Waals surface area contributed by atoms with E-state index in [9.17, 15) is 18.0 Å². The number of aromatic nitrogens is 2. The van der Waals surface area contributed by atoms with Crippen molar-refractivity contribution in [2.45, 2.75) is 4.90 Å². The third kappa shape index (κ3) is 4.42. The van der Waals surface area contributed by atoms with Crippen LogP contribution >= 0.6 is 23.2 Å². The van der Waals surface area contributed by atoms with Gasteiger partial charge in [0.2, 0.25) is 0 Å². The quantitative estimate of drug-likeness (QED) is 0.594. The first kappa shape index (κ1) is 20.8. The fourth-order valence-electron chi connectivity index (χ4n) is 2.37. The number of esters is 1. The van der Waals surface area contributed by atoms with E-state index in [1.54, 1.807) is 0 Å². The fraction of sp³-hybridized carbons (Fsp3) is 0.0556. The Labute approximate surface area is 175 Å². The first-order chi connectivity index (χ1) is 13.7. The molecule has 0 amide bonds. The van der Waals surface area contributed by atoms with Gasteiger partial charge in [-0.25, -0.2) is 13.2 Å². The molecule has 0 saturated heterocycles. The molecule has 8 nitrogen and oxygen atoms in total. The molecule has 0 bridgehead atoms. The minimum Gasteiger partial charge on any atom is -0.465 e. The first-order valence-electron chi connectivity index (χ1n) is 7.98. The monoisotopic (exact) mass is 453 g/mol. The van der Waals surface area contributed by atoms with Crippen LogP contribution < -0.4 is 10.3 Å². The summed E-state index contributed by atoms with van der Waals surface area (Å²) < 4.78 is 33.1. The van der Waals surface area contributed by atoms with E-state index in [2.05, 4.69) is 14.6 Å². The van der Waals surface area contributed by atoms with E-state index in [4.69, 9.17) is 23.2 Å². The zero-order valence-electron chi connectivity index (χ0n) is 14.8. The molecule has 150 valence electrons. The van der Waals surface area contributed by atoms with Crippen molar-refractivity contribution in [3.8, 4) is 5.69 Å². The lowest BCUT2D eigenvalue weighted by molar-refractivity contribution is 0.0601. The Kier molecular flexibility index (Phi) is 5.92. The van der Waals surface area contributed by atoms with Crippen LogP contribution in [-0.4, -0.2) is 31.3 Å². The third-order valence-corrected chi connectivity index (χ3v) is 5.97. The highest BCUT2D eigenvalue weighted by Crippen LogP contribution is 2.20. The number of carbonyl (C=O) groups is 1. The van der Waals surface area contributed by atoms with Gasteiger partial charge in [0, 0.05) is 5.69 Å². The predicted molar refractivity (Wildman–Crippen MR) is 108 cm³/mol. The van der Waals surface area contributed by atoms with Crippen LogP contribution in [0.5, 0.6) is 0 Å². The molecule has 0 spiro atoms. The molecule has 0 aliphatic rings. The van der Waals surface area contributed by atoms with Crippen molar-refractivity contribution in [3.63, 3.8) is 0 Å². The van der Waals surface area contributed by atoms with Gasteiger partial charge < -0.3 is 4.74 Å². The standard InChI is InChI=1S/C18H13Cl2N3O5S/c1-28-18(25)11-2-4-12(5-3-11)22-29(26,27)14-8-6-13(7-9-14)23-17(24)16(20)15(19)10-21-23/h2-10,22H,1H3. The molecule has 2 aromatic carbocycles. The van der Waals surface area contributed by atoms with Crippen molar-refractivity contribution in [1.29, 1.82) is 0 Å². The molecule has 0 radical (unpaired) electrons. The van der Waals surface area contributed by atoms with E-state index in [0.29, 0.717) is 11.3 Å². The second-order valence-electron chi connectivity index (χ2n) is 5.69. The van der Waals surface area contributed by atoms with Gasteiger partial charge in [-0.2, -0.15) is 9.78 Å². The lowest BCUT2D eigenvalue weighted by atomic mass is 10.2. The maximum absolute atomic E-state index is 12.6. The van der Waals surface area contributed by atoms with Gasteiger partial charge in [-0.1, -0.05) is 23.2 Å². The van der Waals surface area contributed by atoms with Crippen LogP contribution in [0.2, 0.25) is 10.0 Å². The highest BCUT2D eigenvalue weighted by atomic mass is 35.5. The molecule has 0 aliphatic carbocycles. The molecular formula is C18H13Cl2N3O5S. The van der Waals surface area contributed by atoms with Gasteiger partial charge in [0.05, 0.1) is 34.5 Å². The van der Waals surface area contributed by atoms with E-state index < -0.39 is 21.6 Å². The van der Waals surface area contributed by atoms with Gasteiger partial charge in [-0.15, -0.1) is 0 Å². The lowest BCUT2D eigenvalue weighted by Gasteiger charge is -2.10. The summed E-state index contributed by atoms with van der Waals surface area (Å²) >= 11 is 11.6. The van der Waals surface area contributed by atoms with Gasteiger partial charge >= 0.3 is 5.97 Å². The maximum Gasteiger partial charge on any atom is 0.337 e. The summed E-state index contributed by atoms with van der Waals surface area (Å²) in [6.45, 7) is 0.